The second kappa shape index (κ2) is 5.17. The largest absolute Gasteiger partial charge is 0.318 e. The maximum Gasteiger partial charge on any atom is 0.295 e. The molecule has 6 nitrogen and oxygen atoms in total. The molecule has 0 spiro atoms. The molecule has 1 amide bonds. The molecule has 2 aromatic rings. The van der Waals surface area contributed by atoms with E-state index in [0.29, 0.717) is 11.5 Å². The minimum Gasteiger partial charge on any atom is -0.318 e. The Balaban J connectivity index is 2.16. The molecule has 2 heterocycles. The molecule has 0 fully saturated rings. The number of carbonyl (C=O) groups excluding carboxylic acids is 1. The fourth-order valence-corrected chi connectivity index (χ4v) is 1.63. The number of nitrogens with zero attached hydrogens (tertiary/aromatic N) is 3. The van der Waals surface area contributed by atoms with Crippen molar-refractivity contribution in [2.24, 2.45) is 0 Å². The van der Waals surface area contributed by atoms with E-state index in [1.54, 1.807) is 0 Å². The standard InChI is InChI=1S/C13H17N5O/c1-7(2)11-16-12(18-17-11)13(19)15-10-6-5-8(3)14-9(10)4/h5-7H,1-4H3,(H,15,19)(H,16,17,18). The number of carbonyl (C=O) groups is 1. The lowest BCUT2D eigenvalue weighted by molar-refractivity contribution is 0.101. The van der Waals surface area contributed by atoms with Crippen LogP contribution < -0.4 is 5.32 Å². The summed E-state index contributed by atoms with van der Waals surface area (Å²) in [6.45, 7) is 7.72. The van der Waals surface area contributed by atoms with Crippen LogP contribution in [0.15, 0.2) is 12.1 Å². The zero-order chi connectivity index (χ0) is 14.0. The zero-order valence-electron chi connectivity index (χ0n) is 11.5. The lowest BCUT2D eigenvalue weighted by Gasteiger charge is -2.06. The average Bonchev–Trinajstić information content (AvgIpc) is 2.82. The van der Waals surface area contributed by atoms with Crippen LogP contribution in [-0.2, 0) is 0 Å². The maximum absolute atomic E-state index is 12.0. The summed E-state index contributed by atoms with van der Waals surface area (Å²) >= 11 is 0. The SMILES string of the molecule is Cc1ccc(NC(=O)c2n[nH]c(C(C)C)n2)c(C)n1. The number of anilines is 1. The highest BCUT2D eigenvalue weighted by Crippen LogP contribution is 2.14. The Morgan fingerprint density at radius 3 is 2.58 bits per heavy atom. The molecule has 0 aliphatic heterocycles. The van der Waals surface area contributed by atoms with Gasteiger partial charge in [-0.3, -0.25) is 14.9 Å². The first-order chi connectivity index (χ1) is 8.97. The van der Waals surface area contributed by atoms with Crippen LogP contribution in [0, 0.1) is 13.8 Å². The quantitative estimate of drug-likeness (QED) is 0.885. The van der Waals surface area contributed by atoms with Crippen molar-refractivity contribution >= 4 is 11.6 Å². The molecule has 0 bridgehead atoms. The molecule has 6 heteroatoms. The minimum absolute atomic E-state index is 0.142. The van der Waals surface area contributed by atoms with Crippen LogP contribution in [0.5, 0.6) is 0 Å². The van der Waals surface area contributed by atoms with Gasteiger partial charge in [0.15, 0.2) is 0 Å². The van der Waals surface area contributed by atoms with Crippen LogP contribution in [0.4, 0.5) is 5.69 Å². The molecular formula is C13H17N5O. The monoisotopic (exact) mass is 259 g/mol. The van der Waals surface area contributed by atoms with Gasteiger partial charge >= 0.3 is 0 Å². The molecule has 0 aliphatic rings. The van der Waals surface area contributed by atoms with Gasteiger partial charge in [-0.15, -0.1) is 5.10 Å². The number of aryl methyl sites for hydroxylation is 2. The molecule has 0 aliphatic carbocycles. The van der Waals surface area contributed by atoms with Gasteiger partial charge in [-0.25, -0.2) is 4.98 Å². The second-order valence-electron chi connectivity index (χ2n) is 4.74. The Labute approximate surface area is 111 Å². The molecule has 100 valence electrons. The number of amides is 1. The van der Waals surface area contributed by atoms with Gasteiger partial charge in [-0.1, -0.05) is 13.8 Å². The Morgan fingerprint density at radius 1 is 1.26 bits per heavy atom. The first-order valence-electron chi connectivity index (χ1n) is 6.15. The van der Waals surface area contributed by atoms with E-state index in [1.165, 1.54) is 0 Å². The van der Waals surface area contributed by atoms with Crippen molar-refractivity contribution < 1.29 is 4.79 Å². The summed E-state index contributed by atoms with van der Waals surface area (Å²) in [4.78, 5) is 20.4. The van der Waals surface area contributed by atoms with Crippen molar-refractivity contribution in [3.63, 3.8) is 0 Å². The second-order valence-corrected chi connectivity index (χ2v) is 4.74. The van der Waals surface area contributed by atoms with E-state index in [4.69, 9.17) is 0 Å². The van der Waals surface area contributed by atoms with E-state index >= 15 is 0 Å². The zero-order valence-corrected chi connectivity index (χ0v) is 11.5. The Bertz CT molecular complexity index is 603. The third-order valence-corrected chi connectivity index (χ3v) is 2.73. The van der Waals surface area contributed by atoms with Crippen LogP contribution in [-0.4, -0.2) is 26.1 Å². The number of H-pyrrole nitrogens is 1. The molecule has 0 atom stereocenters. The third kappa shape index (κ3) is 2.96. The smallest absolute Gasteiger partial charge is 0.295 e. The summed E-state index contributed by atoms with van der Waals surface area (Å²) in [6.07, 6.45) is 0. The number of rotatable bonds is 3. The average molecular weight is 259 g/mol. The van der Waals surface area contributed by atoms with Crippen LogP contribution >= 0.6 is 0 Å². The maximum atomic E-state index is 12.0. The molecule has 0 saturated carbocycles. The first kappa shape index (κ1) is 13.2. The van der Waals surface area contributed by atoms with E-state index in [2.05, 4.69) is 25.5 Å². The van der Waals surface area contributed by atoms with Crippen LogP contribution in [0.3, 0.4) is 0 Å². The van der Waals surface area contributed by atoms with Crippen molar-refractivity contribution in [1.82, 2.24) is 20.2 Å². The summed E-state index contributed by atoms with van der Waals surface area (Å²) in [5.41, 5.74) is 2.36. The lowest BCUT2D eigenvalue weighted by Crippen LogP contribution is -2.15. The van der Waals surface area contributed by atoms with Crippen molar-refractivity contribution in [2.45, 2.75) is 33.6 Å². The summed E-state index contributed by atoms with van der Waals surface area (Å²) < 4.78 is 0. The molecule has 2 N–H and O–H groups in total. The molecule has 0 radical (unpaired) electrons. The lowest BCUT2D eigenvalue weighted by atomic mass is 10.2. The molecule has 2 aromatic heterocycles. The Hall–Kier alpha value is -2.24. The van der Waals surface area contributed by atoms with Crippen molar-refractivity contribution in [2.75, 3.05) is 5.32 Å². The van der Waals surface area contributed by atoms with Gasteiger partial charge in [0, 0.05) is 11.6 Å². The predicted molar refractivity (Wildman–Crippen MR) is 72.1 cm³/mol. The highest BCUT2D eigenvalue weighted by Gasteiger charge is 2.15. The van der Waals surface area contributed by atoms with Gasteiger partial charge in [-0.05, 0) is 26.0 Å². The van der Waals surface area contributed by atoms with E-state index < -0.39 is 0 Å². The van der Waals surface area contributed by atoms with Gasteiger partial charge in [-0.2, -0.15) is 0 Å². The number of hydrogen-bond acceptors (Lipinski definition) is 4. The van der Waals surface area contributed by atoms with Crippen LogP contribution in [0.1, 0.15) is 47.6 Å². The van der Waals surface area contributed by atoms with Crippen LogP contribution in [0.25, 0.3) is 0 Å². The summed E-state index contributed by atoms with van der Waals surface area (Å²) in [7, 11) is 0. The van der Waals surface area contributed by atoms with E-state index in [1.807, 2.05) is 39.8 Å². The van der Waals surface area contributed by atoms with E-state index in [-0.39, 0.29) is 17.6 Å². The van der Waals surface area contributed by atoms with Gasteiger partial charge in [0.2, 0.25) is 5.82 Å². The van der Waals surface area contributed by atoms with Gasteiger partial charge in [0.1, 0.15) is 5.82 Å². The first-order valence-corrected chi connectivity index (χ1v) is 6.15. The molecule has 0 aromatic carbocycles. The topological polar surface area (TPSA) is 83.6 Å². The van der Waals surface area contributed by atoms with E-state index in [0.717, 1.165) is 11.4 Å². The van der Waals surface area contributed by atoms with Crippen molar-refractivity contribution in [3.8, 4) is 0 Å². The molecular weight excluding hydrogens is 242 g/mol. The normalized spacial score (nSPS) is 10.8. The fourth-order valence-electron chi connectivity index (χ4n) is 1.63. The Kier molecular flexibility index (Phi) is 3.59. The summed E-state index contributed by atoms with van der Waals surface area (Å²) in [6, 6.07) is 3.67. The minimum atomic E-state index is -0.336. The summed E-state index contributed by atoms with van der Waals surface area (Å²) in [5.74, 6) is 0.710. The molecule has 0 unspecified atom stereocenters. The number of hydrogen-bond donors (Lipinski definition) is 2. The van der Waals surface area contributed by atoms with Gasteiger partial charge < -0.3 is 5.32 Å². The highest BCUT2D eigenvalue weighted by molar-refractivity contribution is 6.01. The molecule has 0 saturated heterocycles. The molecule has 19 heavy (non-hydrogen) atoms. The number of aromatic nitrogens is 4. The fraction of sp³-hybridized carbons (Fsp3) is 0.385. The third-order valence-electron chi connectivity index (χ3n) is 2.73. The van der Waals surface area contributed by atoms with E-state index in [9.17, 15) is 4.79 Å². The van der Waals surface area contributed by atoms with Gasteiger partial charge in [0.05, 0.1) is 11.4 Å². The number of pyridine rings is 1. The molecule has 2 rings (SSSR count). The number of aromatic amines is 1. The van der Waals surface area contributed by atoms with Crippen LogP contribution in [0.2, 0.25) is 0 Å². The summed E-state index contributed by atoms with van der Waals surface area (Å²) in [5, 5.41) is 9.43. The van der Waals surface area contributed by atoms with Crippen molar-refractivity contribution in [3.05, 3.63) is 35.2 Å². The highest BCUT2D eigenvalue weighted by atomic mass is 16.2. The number of nitrogens with one attached hydrogen (secondary N) is 2. The van der Waals surface area contributed by atoms with Crippen molar-refractivity contribution in [1.29, 1.82) is 0 Å². The van der Waals surface area contributed by atoms with Gasteiger partial charge in [0.25, 0.3) is 5.91 Å². The predicted octanol–water partition coefficient (Wildman–Crippen LogP) is 2.19. The Morgan fingerprint density at radius 2 is 2.00 bits per heavy atom.